The molecule has 4 atom stereocenters. The number of rotatable bonds is 3. The molecule has 0 spiro atoms. The second-order valence-electron chi connectivity index (χ2n) is 3.04. The van der Waals surface area contributed by atoms with Crippen molar-refractivity contribution in [2.45, 2.75) is 24.7 Å². The maximum atomic E-state index is 13.3. The van der Waals surface area contributed by atoms with Crippen LogP contribution in [-0.4, -0.2) is 37.1 Å². The van der Waals surface area contributed by atoms with Crippen LogP contribution in [0.1, 0.15) is 6.42 Å². The number of hydrogen-bond donors (Lipinski definition) is 2. The number of aliphatic hydroxyl groups is 1. The Labute approximate surface area is 76.0 Å². The van der Waals surface area contributed by atoms with E-state index in [0.717, 1.165) is 0 Å². The molecule has 1 rings (SSSR count). The van der Waals surface area contributed by atoms with E-state index in [9.17, 15) is 4.39 Å². The predicted octanol–water partition coefficient (Wildman–Crippen LogP) is 0.464. The van der Waals surface area contributed by atoms with Crippen molar-refractivity contribution in [1.29, 1.82) is 0 Å². The van der Waals surface area contributed by atoms with Gasteiger partial charge in [0.05, 0.1) is 12.1 Å². The molecule has 0 amide bonds. The largest absolute Gasteiger partial charge is 0.396 e. The summed E-state index contributed by atoms with van der Waals surface area (Å²) in [7, 11) is 1.44. The van der Waals surface area contributed by atoms with Gasteiger partial charge in [0.25, 0.3) is 0 Å². The molecule has 0 heterocycles. The number of alkyl halides is 1. The standard InChI is InChI=1S/C7H13ClFNO2/c1-12-7-4(3-11)2-5(10-8)6(7)9/h4-7,10-11H,2-3H2,1H3/t4-,5-,6-,7-/m1/s1. The number of methoxy groups -OCH3 is 1. The second-order valence-corrected chi connectivity index (χ2v) is 3.26. The van der Waals surface area contributed by atoms with Gasteiger partial charge in [0.15, 0.2) is 0 Å². The Bertz CT molecular complexity index is 147. The first-order chi connectivity index (χ1) is 5.74. The van der Waals surface area contributed by atoms with Gasteiger partial charge in [-0.2, -0.15) is 0 Å². The molecule has 2 N–H and O–H groups in total. The second kappa shape index (κ2) is 4.37. The third kappa shape index (κ3) is 1.71. The first-order valence-electron chi connectivity index (χ1n) is 3.88. The molecule has 0 radical (unpaired) electrons. The first-order valence-corrected chi connectivity index (χ1v) is 4.26. The third-order valence-corrected chi connectivity index (χ3v) is 2.65. The van der Waals surface area contributed by atoms with Crippen LogP contribution in [0.15, 0.2) is 0 Å². The lowest BCUT2D eigenvalue weighted by Crippen LogP contribution is -2.33. The molecule has 1 fully saturated rings. The predicted molar refractivity (Wildman–Crippen MR) is 43.7 cm³/mol. The van der Waals surface area contributed by atoms with E-state index in [1.54, 1.807) is 0 Å². The fourth-order valence-electron chi connectivity index (χ4n) is 1.68. The van der Waals surface area contributed by atoms with E-state index in [1.165, 1.54) is 7.11 Å². The Morgan fingerprint density at radius 1 is 1.75 bits per heavy atom. The Morgan fingerprint density at radius 3 is 2.75 bits per heavy atom. The van der Waals surface area contributed by atoms with Crippen molar-refractivity contribution in [1.82, 2.24) is 4.84 Å². The highest BCUT2D eigenvalue weighted by Gasteiger charge is 2.43. The Morgan fingerprint density at radius 2 is 2.42 bits per heavy atom. The molecule has 0 aromatic rings. The van der Waals surface area contributed by atoms with E-state index in [0.29, 0.717) is 6.42 Å². The SMILES string of the molecule is CO[C@@H]1[C@@H](CO)C[C@@H](NCl)[C@H]1F. The van der Waals surface area contributed by atoms with Crippen molar-refractivity contribution in [3.05, 3.63) is 0 Å². The molecule has 0 aliphatic heterocycles. The zero-order valence-electron chi connectivity index (χ0n) is 6.84. The van der Waals surface area contributed by atoms with Crippen LogP contribution in [0.2, 0.25) is 0 Å². The maximum absolute atomic E-state index is 13.3. The molecule has 0 aromatic carbocycles. The van der Waals surface area contributed by atoms with Crippen molar-refractivity contribution in [3.8, 4) is 0 Å². The van der Waals surface area contributed by atoms with Crippen LogP contribution in [-0.2, 0) is 4.74 Å². The molecule has 5 heteroatoms. The van der Waals surface area contributed by atoms with E-state index in [1.807, 2.05) is 0 Å². The topological polar surface area (TPSA) is 41.5 Å². The fraction of sp³-hybridized carbons (Fsp3) is 1.00. The molecule has 72 valence electrons. The van der Waals surface area contributed by atoms with Crippen molar-refractivity contribution >= 4 is 11.8 Å². The third-order valence-electron chi connectivity index (χ3n) is 2.37. The minimum atomic E-state index is -1.13. The minimum absolute atomic E-state index is 0.0615. The average Bonchev–Trinajstić information content (AvgIpc) is 2.41. The van der Waals surface area contributed by atoms with E-state index < -0.39 is 18.3 Å². The van der Waals surface area contributed by atoms with E-state index >= 15 is 0 Å². The summed E-state index contributed by atoms with van der Waals surface area (Å²) in [6.45, 7) is -0.0615. The lowest BCUT2D eigenvalue weighted by atomic mass is 10.1. The van der Waals surface area contributed by atoms with Gasteiger partial charge in [0.1, 0.15) is 6.17 Å². The molecule has 1 saturated carbocycles. The summed E-state index contributed by atoms with van der Waals surface area (Å²) in [6, 6.07) is -0.409. The number of ether oxygens (including phenoxy) is 1. The molecule has 12 heavy (non-hydrogen) atoms. The summed E-state index contributed by atoms with van der Waals surface area (Å²) in [6.07, 6.45) is -1.16. The lowest BCUT2D eigenvalue weighted by molar-refractivity contribution is 0.00467. The van der Waals surface area contributed by atoms with E-state index in [-0.39, 0.29) is 12.5 Å². The molecule has 3 nitrogen and oxygen atoms in total. The van der Waals surface area contributed by atoms with Gasteiger partial charge >= 0.3 is 0 Å². The van der Waals surface area contributed by atoms with Crippen LogP contribution in [0.3, 0.4) is 0 Å². The zero-order chi connectivity index (χ0) is 9.14. The smallest absolute Gasteiger partial charge is 0.143 e. The van der Waals surface area contributed by atoms with Crippen LogP contribution in [0.4, 0.5) is 4.39 Å². The van der Waals surface area contributed by atoms with Gasteiger partial charge in [-0.3, -0.25) is 0 Å². The van der Waals surface area contributed by atoms with Gasteiger partial charge in [-0.25, -0.2) is 9.23 Å². The normalized spacial score (nSPS) is 42.0. The molecule has 1 aliphatic rings. The van der Waals surface area contributed by atoms with Crippen molar-refractivity contribution in [2.24, 2.45) is 5.92 Å². The molecule has 0 bridgehead atoms. The number of nitrogens with one attached hydrogen (secondary N) is 1. The molecule has 0 aromatic heterocycles. The van der Waals surface area contributed by atoms with Crippen LogP contribution >= 0.6 is 11.8 Å². The molecule has 0 saturated heterocycles. The monoisotopic (exact) mass is 197 g/mol. The number of hydrogen-bond acceptors (Lipinski definition) is 3. The molecular formula is C7H13ClFNO2. The average molecular weight is 198 g/mol. The minimum Gasteiger partial charge on any atom is -0.396 e. The quantitative estimate of drug-likeness (QED) is 0.647. The van der Waals surface area contributed by atoms with Crippen LogP contribution in [0, 0.1) is 5.92 Å². The van der Waals surface area contributed by atoms with Gasteiger partial charge in [-0.15, -0.1) is 0 Å². The molecule has 1 aliphatic carbocycles. The van der Waals surface area contributed by atoms with Gasteiger partial charge in [-0.1, -0.05) is 0 Å². The zero-order valence-corrected chi connectivity index (χ0v) is 7.59. The van der Waals surface area contributed by atoms with Gasteiger partial charge in [0, 0.05) is 19.6 Å². The summed E-state index contributed by atoms with van der Waals surface area (Å²) in [4.78, 5) is 2.35. The molecular weight excluding hydrogens is 185 g/mol. The van der Waals surface area contributed by atoms with Crippen molar-refractivity contribution < 1.29 is 14.2 Å². The summed E-state index contributed by atoms with van der Waals surface area (Å²) >= 11 is 5.32. The van der Waals surface area contributed by atoms with Crippen molar-refractivity contribution in [2.75, 3.05) is 13.7 Å². The van der Waals surface area contributed by atoms with Crippen molar-refractivity contribution in [3.63, 3.8) is 0 Å². The van der Waals surface area contributed by atoms with E-state index in [4.69, 9.17) is 21.6 Å². The first kappa shape index (κ1) is 10.2. The van der Waals surface area contributed by atoms with Crippen LogP contribution in [0.5, 0.6) is 0 Å². The summed E-state index contributed by atoms with van der Waals surface area (Å²) in [5, 5.41) is 8.88. The van der Waals surface area contributed by atoms with Crippen LogP contribution in [0.25, 0.3) is 0 Å². The number of halogens is 2. The van der Waals surface area contributed by atoms with Gasteiger partial charge in [0.2, 0.25) is 0 Å². The van der Waals surface area contributed by atoms with Crippen LogP contribution < -0.4 is 4.84 Å². The Balaban J connectivity index is 2.58. The highest BCUT2D eigenvalue weighted by molar-refractivity contribution is 6.13. The summed E-state index contributed by atoms with van der Waals surface area (Å²) in [5.41, 5.74) is 0. The Hall–Kier alpha value is 0.100. The highest BCUT2D eigenvalue weighted by Crippen LogP contribution is 2.30. The summed E-state index contributed by atoms with van der Waals surface area (Å²) < 4.78 is 18.2. The van der Waals surface area contributed by atoms with E-state index in [2.05, 4.69) is 4.84 Å². The van der Waals surface area contributed by atoms with Gasteiger partial charge < -0.3 is 9.84 Å². The lowest BCUT2D eigenvalue weighted by Gasteiger charge is -2.17. The highest BCUT2D eigenvalue weighted by atomic mass is 35.5. The number of aliphatic hydroxyl groups excluding tert-OH is 1. The summed E-state index contributed by atoms with van der Waals surface area (Å²) in [5.74, 6) is -0.152. The fourth-order valence-corrected chi connectivity index (χ4v) is 1.89. The maximum Gasteiger partial charge on any atom is 0.143 e. The molecule has 0 unspecified atom stereocenters. The van der Waals surface area contributed by atoms with Gasteiger partial charge in [-0.05, 0) is 18.2 Å². The Kier molecular flexibility index (Phi) is 3.71.